The number of carbonyl (C=O) groups excluding carboxylic acids is 1. The van der Waals surface area contributed by atoms with Gasteiger partial charge in [-0.15, -0.1) is 0 Å². The predicted octanol–water partition coefficient (Wildman–Crippen LogP) is 3.36. The predicted molar refractivity (Wildman–Crippen MR) is 68.3 cm³/mol. The normalized spacial score (nSPS) is 26.3. The highest BCUT2D eigenvalue weighted by Crippen LogP contribution is 2.37. The summed E-state index contributed by atoms with van der Waals surface area (Å²) in [6, 6.07) is 7.78. The molecule has 2 amide bonds. The van der Waals surface area contributed by atoms with Crippen molar-refractivity contribution in [1.82, 2.24) is 4.90 Å². The second kappa shape index (κ2) is 4.22. The minimum absolute atomic E-state index is 0.00898. The number of para-hydroxylation sites is 1. The molecule has 1 aromatic rings. The number of hydrogen-bond donors (Lipinski definition) is 1. The molecule has 2 atom stereocenters. The molecule has 1 heterocycles. The first kappa shape index (κ1) is 10.9. The third-order valence-corrected chi connectivity index (χ3v) is 4.12. The van der Waals surface area contributed by atoms with E-state index in [1.54, 1.807) is 6.07 Å². The molecule has 2 aliphatic rings. The van der Waals surface area contributed by atoms with Gasteiger partial charge in [-0.2, -0.15) is 0 Å². The fourth-order valence-electron chi connectivity index (χ4n) is 2.92. The van der Waals surface area contributed by atoms with E-state index in [0.29, 0.717) is 16.8 Å². The summed E-state index contributed by atoms with van der Waals surface area (Å²) >= 11 is 6.02. The summed E-state index contributed by atoms with van der Waals surface area (Å²) in [7, 11) is 0. The van der Waals surface area contributed by atoms with Gasteiger partial charge in [-0.3, -0.25) is 0 Å². The van der Waals surface area contributed by atoms with Crippen LogP contribution in [-0.2, 0) is 0 Å². The van der Waals surface area contributed by atoms with Gasteiger partial charge in [0, 0.05) is 12.6 Å². The van der Waals surface area contributed by atoms with E-state index >= 15 is 0 Å². The van der Waals surface area contributed by atoms with Gasteiger partial charge >= 0.3 is 6.03 Å². The minimum Gasteiger partial charge on any atom is -0.321 e. The molecular formula is C13H15ClN2O. The second-order valence-corrected chi connectivity index (χ2v) is 5.30. The van der Waals surface area contributed by atoms with Gasteiger partial charge in [0.2, 0.25) is 0 Å². The monoisotopic (exact) mass is 250 g/mol. The molecule has 1 aromatic carbocycles. The van der Waals surface area contributed by atoms with E-state index < -0.39 is 0 Å². The van der Waals surface area contributed by atoms with Crippen LogP contribution in [0.2, 0.25) is 5.02 Å². The maximum Gasteiger partial charge on any atom is 0.322 e. The third kappa shape index (κ3) is 2.00. The summed E-state index contributed by atoms with van der Waals surface area (Å²) in [5.74, 6) is 0.719. The van der Waals surface area contributed by atoms with Gasteiger partial charge in [-0.25, -0.2) is 4.79 Å². The molecule has 1 aliphatic carbocycles. The van der Waals surface area contributed by atoms with E-state index in [9.17, 15) is 4.79 Å². The molecule has 17 heavy (non-hydrogen) atoms. The smallest absolute Gasteiger partial charge is 0.321 e. The Hall–Kier alpha value is -1.22. The number of fused-ring (bicyclic) bond motifs is 2. The highest BCUT2D eigenvalue weighted by molar-refractivity contribution is 6.33. The Balaban J connectivity index is 1.70. The zero-order valence-electron chi connectivity index (χ0n) is 9.53. The minimum atomic E-state index is -0.00898. The molecule has 1 saturated carbocycles. The van der Waals surface area contributed by atoms with E-state index in [4.69, 9.17) is 11.6 Å². The summed E-state index contributed by atoms with van der Waals surface area (Å²) in [6.45, 7) is 0.904. The lowest BCUT2D eigenvalue weighted by atomic mass is 10.1. The summed E-state index contributed by atoms with van der Waals surface area (Å²) in [5.41, 5.74) is 0.696. The van der Waals surface area contributed by atoms with Crippen molar-refractivity contribution >= 4 is 23.3 Å². The zero-order chi connectivity index (χ0) is 11.8. The van der Waals surface area contributed by atoms with Crippen molar-refractivity contribution in [3.8, 4) is 0 Å². The number of hydrogen-bond acceptors (Lipinski definition) is 1. The fraction of sp³-hybridized carbons (Fsp3) is 0.462. The number of nitrogens with one attached hydrogen (secondary N) is 1. The summed E-state index contributed by atoms with van der Waals surface area (Å²) in [6.07, 6.45) is 3.61. The van der Waals surface area contributed by atoms with Crippen molar-refractivity contribution < 1.29 is 4.79 Å². The number of anilines is 1. The van der Waals surface area contributed by atoms with Gasteiger partial charge in [0.1, 0.15) is 0 Å². The van der Waals surface area contributed by atoms with Gasteiger partial charge in [-0.1, -0.05) is 23.7 Å². The highest BCUT2D eigenvalue weighted by Gasteiger charge is 2.40. The van der Waals surface area contributed by atoms with E-state index in [0.717, 1.165) is 18.9 Å². The van der Waals surface area contributed by atoms with Crippen LogP contribution < -0.4 is 5.32 Å². The molecule has 1 N–H and O–H groups in total. The highest BCUT2D eigenvalue weighted by atomic mass is 35.5. The van der Waals surface area contributed by atoms with Crippen LogP contribution in [0.15, 0.2) is 24.3 Å². The number of amides is 2. The van der Waals surface area contributed by atoms with Crippen molar-refractivity contribution in [2.75, 3.05) is 11.9 Å². The first-order valence-corrected chi connectivity index (χ1v) is 6.44. The molecule has 90 valence electrons. The van der Waals surface area contributed by atoms with E-state index in [1.807, 2.05) is 23.1 Å². The van der Waals surface area contributed by atoms with Crippen LogP contribution in [-0.4, -0.2) is 23.5 Å². The Morgan fingerprint density at radius 2 is 2.18 bits per heavy atom. The SMILES string of the molecule is O=C(Nc1ccccc1Cl)N1C[C@@H]2CC[C@@H]1C2. The Labute approximate surface area is 106 Å². The lowest BCUT2D eigenvalue weighted by Crippen LogP contribution is -2.40. The van der Waals surface area contributed by atoms with Crippen LogP contribution in [0.4, 0.5) is 10.5 Å². The van der Waals surface area contributed by atoms with Gasteiger partial charge in [-0.05, 0) is 37.3 Å². The number of rotatable bonds is 1. The van der Waals surface area contributed by atoms with Crippen LogP contribution in [0.1, 0.15) is 19.3 Å². The van der Waals surface area contributed by atoms with Crippen LogP contribution in [0, 0.1) is 5.92 Å². The number of carbonyl (C=O) groups is 1. The Bertz CT molecular complexity index is 449. The first-order chi connectivity index (χ1) is 8.24. The average molecular weight is 251 g/mol. The van der Waals surface area contributed by atoms with E-state index in [2.05, 4.69) is 5.32 Å². The van der Waals surface area contributed by atoms with E-state index in [-0.39, 0.29) is 6.03 Å². The van der Waals surface area contributed by atoms with Gasteiger partial charge < -0.3 is 10.2 Å². The zero-order valence-corrected chi connectivity index (χ0v) is 10.3. The van der Waals surface area contributed by atoms with Crippen molar-refractivity contribution in [3.63, 3.8) is 0 Å². The van der Waals surface area contributed by atoms with Gasteiger partial charge in [0.15, 0.2) is 0 Å². The fourth-order valence-corrected chi connectivity index (χ4v) is 3.11. The Morgan fingerprint density at radius 3 is 2.82 bits per heavy atom. The summed E-state index contributed by atoms with van der Waals surface area (Å²) in [4.78, 5) is 14.1. The molecule has 2 bridgehead atoms. The standard InChI is InChI=1S/C13H15ClN2O/c14-11-3-1-2-4-12(11)15-13(17)16-8-9-5-6-10(16)7-9/h1-4,9-10H,5-8H2,(H,15,17)/t9-,10-/m1/s1. The van der Waals surface area contributed by atoms with Crippen LogP contribution in [0.5, 0.6) is 0 Å². The van der Waals surface area contributed by atoms with Crippen molar-refractivity contribution in [2.24, 2.45) is 5.92 Å². The molecule has 1 aliphatic heterocycles. The number of piperidine rings is 1. The van der Waals surface area contributed by atoms with E-state index in [1.165, 1.54) is 12.8 Å². The maximum atomic E-state index is 12.1. The van der Waals surface area contributed by atoms with Crippen molar-refractivity contribution in [2.45, 2.75) is 25.3 Å². The number of urea groups is 1. The number of nitrogens with zero attached hydrogens (tertiary/aromatic N) is 1. The van der Waals surface area contributed by atoms with Crippen molar-refractivity contribution in [1.29, 1.82) is 0 Å². The van der Waals surface area contributed by atoms with Crippen molar-refractivity contribution in [3.05, 3.63) is 29.3 Å². The summed E-state index contributed by atoms with van der Waals surface area (Å²) < 4.78 is 0. The van der Waals surface area contributed by atoms with Gasteiger partial charge in [0.25, 0.3) is 0 Å². The largest absolute Gasteiger partial charge is 0.322 e. The molecule has 0 radical (unpaired) electrons. The quantitative estimate of drug-likeness (QED) is 0.815. The number of benzene rings is 1. The molecule has 4 heteroatoms. The number of likely N-dealkylation sites (tertiary alicyclic amines) is 1. The first-order valence-electron chi connectivity index (χ1n) is 6.06. The molecule has 0 unspecified atom stereocenters. The lowest BCUT2D eigenvalue weighted by Gasteiger charge is -2.27. The lowest BCUT2D eigenvalue weighted by molar-refractivity contribution is 0.194. The topological polar surface area (TPSA) is 32.3 Å². The van der Waals surface area contributed by atoms with Crippen LogP contribution in [0.25, 0.3) is 0 Å². The number of halogens is 1. The maximum absolute atomic E-state index is 12.1. The van der Waals surface area contributed by atoms with Gasteiger partial charge in [0.05, 0.1) is 10.7 Å². The van der Waals surface area contributed by atoms with Crippen LogP contribution in [0.3, 0.4) is 0 Å². The average Bonchev–Trinajstić information content (AvgIpc) is 2.94. The molecule has 2 fully saturated rings. The molecule has 0 spiro atoms. The molecule has 1 saturated heterocycles. The molecule has 0 aromatic heterocycles. The second-order valence-electron chi connectivity index (χ2n) is 4.90. The molecule has 3 nitrogen and oxygen atoms in total. The molecule has 3 rings (SSSR count). The van der Waals surface area contributed by atoms with Crippen LogP contribution >= 0.6 is 11.6 Å². The Morgan fingerprint density at radius 1 is 1.35 bits per heavy atom. The Kier molecular flexibility index (Phi) is 2.71. The summed E-state index contributed by atoms with van der Waals surface area (Å²) in [5, 5.41) is 3.48. The third-order valence-electron chi connectivity index (χ3n) is 3.79. The molecular weight excluding hydrogens is 236 g/mol.